The molecule has 4 heterocycles. The Bertz CT molecular complexity index is 1690. The number of amides is 3. The number of aryl methyl sites for hydroxylation is 1. The van der Waals surface area contributed by atoms with Crippen LogP contribution in [0.4, 0.5) is 11.4 Å². The fourth-order valence-electron chi connectivity index (χ4n) is 6.82. The summed E-state index contributed by atoms with van der Waals surface area (Å²) in [6.45, 7) is 3.96. The van der Waals surface area contributed by atoms with E-state index in [0.29, 0.717) is 17.9 Å². The van der Waals surface area contributed by atoms with Crippen molar-refractivity contribution in [3.63, 3.8) is 0 Å². The van der Waals surface area contributed by atoms with Gasteiger partial charge < -0.3 is 15.0 Å². The number of methoxy groups -OCH3 is 1. The number of fused-ring (bicyclic) bond motifs is 5. The van der Waals surface area contributed by atoms with Crippen molar-refractivity contribution in [1.29, 1.82) is 0 Å². The number of para-hydroxylation sites is 1. The van der Waals surface area contributed by atoms with E-state index in [1.807, 2.05) is 56.4 Å². The van der Waals surface area contributed by atoms with E-state index in [1.54, 1.807) is 31.4 Å². The molecule has 1 aromatic heterocycles. The zero-order valence-corrected chi connectivity index (χ0v) is 21.9. The molecule has 0 aliphatic carbocycles. The Labute approximate surface area is 225 Å². The summed E-state index contributed by atoms with van der Waals surface area (Å²) in [4.78, 5) is 46.8. The van der Waals surface area contributed by atoms with Crippen LogP contribution in [0.2, 0.25) is 0 Å². The number of hydrogen-bond donors (Lipinski definition) is 3. The largest absolute Gasteiger partial charge is 0.497 e. The Morgan fingerprint density at radius 1 is 0.949 bits per heavy atom. The number of ether oxygens (including phenoxy) is 1. The van der Waals surface area contributed by atoms with E-state index in [2.05, 4.69) is 15.6 Å². The van der Waals surface area contributed by atoms with Crippen molar-refractivity contribution >= 4 is 40.0 Å². The van der Waals surface area contributed by atoms with Crippen molar-refractivity contribution in [2.45, 2.75) is 31.8 Å². The average molecular weight is 521 g/mol. The van der Waals surface area contributed by atoms with Gasteiger partial charge in [-0.1, -0.05) is 30.3 Å². The maximum absolute atomic E-state index is 14.2. The summed E-state index contributed by atoms with van der Waals surface area (Å²) < 4.78 is 5.27. The number of hydrogen-bond acceptors (Lipinski definition) is 5. The van der Waals surface area contributed by atoms with Crippen LogP contribution in [0.5, 0.6) is 5.75 Å². The summed E-state index contributed by atoms with van der Waals surface area (Å²) in [5.41, 5.74) is 4.61. The van der Waals surface area contributed by atoms with Gasteiger partial charge in [-0.2, -0.15) is 0 Å². The third kappa shape index (κ3) is 3.12. The van der Waals surface area contributed by atoms with Gasteiger partial charge in [0.25, 0.3) is 0 Å². The third-order valence-corrected chi connectivity index (χ3v) is 8.87. The number of carbonyl (C=O) groups excluding carboxylic acids is 3. The van der Waals surface area contributed by atoms with E-state index in [9.17, 15) is 14.4 Å². The van der Waals surface area contributed by atoms with Crippen molar-refractivity contribution in [2.24, 2.45) is 11.8 Å². The maximum atomic E-state index is 14.2. The van der Waals surface area contributed by atoms with E-state index in [-0.39, 0.29) is 17.7 Å². The van der Waals surface area contributed by atoms with Gasteiger partial charge in [-0.05, 0) is 67.3 Å². The van der Waals surface area contributed by atoms with Gasteiger partial charge in [-0.25, -0.2) is 4.90 Å². The van der Waals surface area contributed by atoms with Crippen LogP contribution in [-0.4, -0.2) is 35.9 Å². The molecule has 2 saturated heterocycles. The molecule has 3 aliphatic rings. The number of imide groups is 1. The summed E-state index contributed by atoms with van der Waals surface area (Å²) in [5.74, 6) is -1.93. The van der Waals surface area contributed by atoms with Gasteiger partial charge in [0.05, 0.1) is 24.6 Å². The fourth-order valence-corrected chi connectivity index (χ4v) is 6.82. The zero-order valence-electron chi connectivity index (χ0n) is 21.9. The quantitative estimate of drug-likeness (QED) is 0.354. The number of benzene rings is 3. The van der Waals surface area contributed by atoms with E-state index < -0.39 is 23.4 Å². The number of aromatic nitrogens is 1. The van der Waals surface area contributed by atoms with Crippen molar-refractivity contribution < 1.29 is 19.1 Å². The van der Waals surface area contributed by atoms with E-state index >= 15 is 0 Å². The highest BCUT2D eigenvalue weighted by Crippen LogP contribution is 2.54. The normalized spacial score (nSPS) is 25.5. The Morgan fingerprint density at radius 3 is 2.49 bits per heavy atom. The molecule has 2 fully saturated rings. The molecule has 4 unspecified atom stereocenters. The number of nitrogens with one attached hydrogen (secondary N) is 3. The molecule has 3 N–H and O–H groups in total. The SMILES string of the molecule is COc1ccc(N2C(=O)C3C(Cc4c[nH]c5ccccc45)NC4(C(=O)Nc5c4ccc(C)c5C)C3C2=O)cc1. The molecular formula is C31H28N4O4. The highest BCUT2D eigenvalue weighted by atomic mass is 16.5. The van der Waals surface area contributed by atoms with Gasteiger partial charge in [0.1, 0.15) is 11.3 Å². The first-order valence-corrected chi connectivity index (χ1v) is 13.1. The molecular weight excluding hydrogens is 492 g/mol. The first-order chi connectivity index (χ1) is 18.8. The number of rotatable bonds is 4. The van der Waals surface area contributed by atoms with Crippen LogP contribution in [-0.2, 0) is 26.3 Å². The predicted molar refractivity (Wildman–Crippen MR) is 148 cm³/mol. The van der Waals surface area contributed by atoms with Crippen molar-refractivity contribution in [3.05, 3.63) is 89.1 Å². The van der Waals surface area contributed by atoms with Crippen molar-refractivity contribution in [2.75, 3.05) is 17.3 Å². The average Bonchev–Trinajstić information content (AvgIpc) is 3.65. The molecule has 39 heavy (non-hydrogen) atoms. The van der Waals surface area contributed by atoms with E-state index in [4.69, 9.17) is 4.74 Å². The van der Waals surface area contributed by atoms with E-state index in [0.717, 1.165) is 38.8 Å². The number of H-pyrrole nitrogens is 1. The molecule has 3 amide bonds. The fraction of sp³-hybridized carbons (Fsp3) is 0.258. The van der Waals surface area contributed by atoms with Crippen LogP contribution < -0.4 is 20.3 Å². The van der Waals surface area contributed by atoms with Crippen molar-refractivity contribution in [3.8, 4) is 5.75 Å². The number of anilines is 2. The molecule has 4 atom stereocenters. The lowest BCUT2D eigenvalue weighted by atomic mass is 9.75. The summed E-state index contributed by atoms with van der Waals surface area (Å²) in [6.07, 6.45) is 2.43. The highest BCUT2D eigenvalue weighted by molar-refractivity contribution is 6.26. The zero-order chi connectivity index (χ0) is 27.1. The molecule has 4 aromatic rings. The Kier molecular flexibility index (Phi) is 5.03. The van der Waals surface area contributed by atoms with Crippen LogP contribution in [0.3, 0.4) is 0 Å². The monoisotopic (exact) mass is 520 g/mol. The van der Waals surface area contributed by atoms with Crippen LogP contribution >= 0.6 is 0 Å². The Hall–Kier alpha value is -4.43. The van der Waals surface area contributed by atoms with Gasteiger partial charge in [-0.3, -0.25) is 19.7 Å². The minimum absolute atomic E-state index is 0.291. The predicted octanol–water partition coefficient (Wildman–Crippen LogP) is 3.96. The third-order valence-electron chi connectivity index (χ3n) is 8.87. The van der Waals surface area contributed by atoms with Gasteiger partial charge in [-0.15, -0.1) is 0 Å². The first-order valence-electron chi connectivity index (χ1n) is 13.1. The molecule has 8 nitrogen and oxygen atoms in total. The topological polar surface area (TPSA) is 104 Å². The summed E-state index contributed by atoms with van der Waals surface area (Å²) >= 11 is 0. The van der Waals surface area contributed by atoms with Gasteiger partial charge in [0.2, 0.25) is 17.7 Å². The smallest absolute Gasteiger partial charge is 0.250 e. The molecule has 3 aliphatic heterocycles. The first kappa shape index (κ1) is 23.7. The number of nitrogens with zero attached hydrogens (tertiary/aromatic N) is 1. The van der Waals surface area contributed by atoms with Crippen LogP contribution in [0.15, 0.2) is 66.9 Å². The van der Waals surface area contributed by atoms with Crippen LogP contribution in [0.1, 0.15) is 22.3 Å². The van der Waals surface area contributed by atoms with Gasteiger partial charge >= 0.3 is 0 Å². The molecule has 0 radical (unpaired) electrons. The van der Waals surface area contributed by atoms with Gasteiger partial charge in [0.15, 0.2) is 0 Å². The highest BCUT2D eigenvalue weighted by Gasteiger charge is 2.70. The maximum Gasteiger partial charge on any atom is 0.250 e. The lowest BCUT2D eigenvalue weighted by Gasteiger charge is -2.29. The second-order valence-electron chi connectivity index (χ2n) is 10.7. The molecule has 8 heteroatoms. The molecule has 0 saturated carbocycles. The second-order valence-corrected chi connectivity index (χ2v) is 10.7. The van der Waals surface area contributed by atoms with E-state index in [1.165, 1.54) is 4.90 Å². The molecule has 7 rings (SSSR count). The standard InChI is InChI=1S/C31H28N4O4/c1-16-8-13-22-27(17(16)2)33-30(38)31(22)26-25(24(34-31)14-18-15-32-23-7-5-4-6-21(18)23)28(36)35(29(26)37)19-9-11-20(39-3)12-10-19/h4-13,15,24-26,32,34H,14H2,1-3H3,(H,33,38). The summed E-state index contributed by atoms with van der Waals surface area (Å²) in [5, 5.41) is 7.68. The minimum atomic E-state index is -1.34. The minimum Gasteiger partial charge on any atom is -0.497 e. The van der Waals surface area contributed by atoms with Gasteiger partial charge in [0, 0.05) is 34.4 Å². The lowest BCUT2D eigenvalue weighted by Crippen LogP contribution is -2.53. The van der Waals surface area contributed by atoms with Crippen LogP contribution in [0.25, 0.3) is 10.9 Å². The number of aromatic amines is 1. The molecule has 3 aromatic carbocycles. The van der Waals surface area contributed by atoms with Crippen LogP contribution in [0, 0.1) is 25.7 Å². The molecule has 196 valence electrons. The molecule has 1 spiro atoms. The lowest BCUT2D eigenvalue weighted by molar-refractivity contribution is -0.130. The second kappa shape index (κ2) is 8.28. The Balaban J connectivity index is 1.38. The number of carbonyl (C=O) groups is 3. The Morgan fingerprint density at radius 2 is 1.72 bits per heavy atom. The summed E-state index contributed by atoms with van der Waals surface area (Å²) in [6, 6.07) is 18.3. The van der Waals surface area contributed by atoms with Crippen molar-refractivity contribution in [1.82, 2.24) is 10.3 Å². The molecule has 0 bridgehead atoms. The summed E-state index contributed by atoms with van der Waals surface area (Å²) in [7, 11) is 1.57.